The molecule has 0 saturated heterocycles. The van der Waals surface area contributed by atoms with Crippen LogP contribution in [0.25, 0.3) is 16.4 Å². The summed E-state index contributed by atoms with van der Waals surface area (Å²) >= 11 is 0. The van der Waals surface area contributed by atoms with E-state index in [1.54, 1.807) is 19.5 Å². The summed E-state index contributed by atoms with van der Waals surface area (Å²) in [5.41, 5.74) is 8.08. The standard InChI is InChI=1S/C16H23N3.C8H8N2O/c1-3-4-5-6-12-19(2)15-9-7-8-14-13(15)10-11-18-16(14)17;1-11-7-2-4-10-5-3-9-8(10)6-7/h7-11H,3-6,12H2,1-2H3,(H2,17,18);2-6H,1H3. The molecule has 0 aliphatic rings. The first-order valence-corrected chi connectivity index (χ1v) is 10.4. The summed E-state index contributed by atoms with van der Waals surface area (Å²) in [7, 11) is 3.80. The van der Waals surface area contributed by atoms with Gasteiger partial charge in [-0.3, -0.25) is 0 Å². The molecule has 0 radical (unpaired) electrons. The van der Waals surface area contributed by atoms with Gasteiger partial charge in [0.1, 0.15) is 17.2 Å². The smallest absolute Gasteiger partial charge is 0.140 e. The first kappa shape index (κ1) is 21.4. The van der Waals surface area contributed by atoms with Gasteiger partial charge in [-0.2, -0.15) is 0 Å². The van der Waals surface area contributed by atoms with Crippen LogP contribution in [0.2, 0.25) is 0 Å². The SMILES string of the molecule is CCCCCCN(C)c1cccc2c(N)nccc12.COc1ccn2ccnc2c1. The average molecular weight is 406 g/mol. The monoisotopic (exact) mass is 405 g/mol. The molecule has 6 heteroatoms. The van der Waals surface area contributed by atoms with Crippen LogP contribution in [0.4, 0.5) is 11.5 Å². The number of aromatic nitrogens is 3. The average Bonchev–Trinajstić information content (AvgIpc) is 3.25. The molecule has 0 spiro atoms. The van der Waals surface area contributed by atoms with Crippen LogP contribution in [0.3, 0.4) is 0 Å². The molecule has 0 atom stereocenters. The van der Waals surface area contributed by atoms with E-state index in [0.29, 0.717) is 5.82 Å². The summed E-state index contributed by atoms with van der Waals surface area (Å²) in [6, 6.07) is 12.1. The van der Waals surface area contributed by atoms with Crippen LogP contribution in [-0.4, -0.2) is 35.1 Å². The van der Waals surface area contributed by atoms with Crippen LogP contribution in [-0.2, 0) is 0 Å². The zero-order valence-electron chi connectivity index (χ0n) is 18.1. The van der Waals surface area contributed by atoms with E-state index in [9.17, 15) is 0 Å². The van der Waals surface area contributed by atoms with Gasteiger partial charge in [-0.15, -0.1) is 0 Å². The Balaban J connectivity index is 0.000000196. The lowest BCUT2D eigenvalue weighted by atomic mass is 10.1. The predicted octanol–water partition coefficient (Wildman–Crippen LogP) is 5.18. The summed E-state index contributed by atoms with van der Waals surface area (Å²) in [5, 5.41) is 2.23. The topological polar surface area (TPSA) is 68.7 Å². The maximum absolute atomic E-state index is 5.94. The molecule has 4 rings (SSSR count). The number of unbranched alkanes of at least 4 members (excludes halogenated alkanes) is 3. The molecule has 2 N–H and O–H groups in total. The molecule has 4 aromatic rings. The molecule has 6 nitrogen and oxygen atoms in total. The van der Waals surface area contributed by atoms with Gasteiger partial charge in [0.05, 0.1) is 7.11 Å². The second-order valence-electron chi connectivity index (χ2n) is 7.31. The normalized spacial score (nSPS) is 10.6. The number of anilines is 2. The third kappa shape index (κ3) is 5.20. The summed E-state index contributed by atoms with van der Waals surface area (Å²) in [5.74, 6) is 1.45. The number of nitrogens with two attached hydrogens (primary N) is 1. The molecule has 1 aromatic carbocycles. The second kappa shape index (κ2) is 10.5. The van der Waals surface area contributed by atoms with Crippen molar-refractivity contribution >= 4 is 27.9 Å². The molecular formula is C24H31N5O. The highest BCUT2D eigenvalue weighted by Gasteiger charge is 2.07. The van der Waals surface area contributed by atoms with Gasteiger partial charge < -0.3 is 19.8 Å². The number of nitrogen functional groups attached to an aromatic ring is 1. The third-order valence-corrected chi connectivity index (χ3v) is 5.18. The van der Waals surface area contributed by atoms with Gasteiger partial charge >= 0.3 is 0 Å². The van der Waals surface area contributed by atoms with Crippen molar-refractivity contribution in [2.45, 2.75) is 32.6 Å². The minimum Gasteiger partial charge on any atom is -0.497 e. The zero-order chi connectivity index (χ0) is 21.3. The highest BCUT2D eigenvalue weighted by atomic mass is 16.5. The van der Waals surface area contributed by atoms with E-state index in [1.165, 1.54) is 36.8 Å². The van der Waals surface area contributed by atoms with Crippen molar-refractivity contribution in [3.05, 3.63) is 61.2 Å². The van der Waals surface area contributed by atoms with E-state index in [1.807, 2.05) is 41.1 Å². The number of methoxy groups -OCH3 is 1. The number of ether oxygens (including phenoxy) is 1. The Morgan fingerprint density at radius 3 is 2.67 bits per heavy atom. The summed E-state index contributed by atoms with van der Waals surface area (Å²) in [6.45, 7) is 3.32. The van der Waals surface area contributed by atoms with Gasteiger partial charge in [0.15, 0.2) is 0 Å². The van der Waals surface area contributed by atoms with E-state index in [4.69, 9.17) is 10.5 Å². The maximum Gasteiger partial charge on any atom is 0.140 e. The molecule has 30 heavy (non-hydrogen) atoms. The summed E-state index contributed by atoms with van der Waals surface area (Å²) in [6.07, 6.45) is 12.5. The molecule has 0 bridgehead atoms. The molecule has 0 unspecified atom stereocenters. The highest BCUT2D eigenvalue weighted by Crippen LogP contribution is 2.28. The van der Waals surface area contributed by atoms with Crippen molar-refractivity contribution in [3.63, 3.8) is 0 Å². The Morgan fingerprint density at radius 2 is 1.87 bits per heavy atom. The lowest BCUT2D eigenvalue weighted by molar-refractivity contribution is 0.414. The molecule has 0 aliphatic carbocycles. The Kier molecular flexibility index (Phi) is 7.49. The van der Waals surface area contributed by atoms with Crippen molar-refractivity contribution in [2.75, 3.05) is 31.3 Å². The van der Waals surface area contributed by atoms with Crippen molar-refractivity contribution in [1.29, 1.82) is 0 Å². The fourth-order valence-corrected chi connectivity index (χ4v) is 3.46. The lowest BCUT2D eigenvalue weighted by Crippen LogP contribution is -2.18. The van der Waals surface area contributed by atoms with Gasteiger partial charge in [0.2, 0.25) is 0 Å². The predicted molar refractivity (Wildman–Crippen MR) is 125 cm³/mol. The third-order valence-electron chi connectivity index (χ3n) is 5.18. The number of pyridine rings is 2. The van der Waals surface area contributed by atoms with Gasteiger partial charge in [-0.05, 0) is 24.6 Å². The Labute approximate surface area is 178 Å². The number of fused-ring (bicyclic) bond motifs is 2. The maximum atomic E-state index is 5.94. The number of rotatable bonds is 7. The van der Waals surface area contributed by atoms with Crippen molar-refractivity contribution in [3.8, 4) is 5.75 Å². The minimum absolute atomic E-state index is 0.610. The number of nitrogens with zero attached hydrogens (tertiary/aromatic N) is 4. The highest BCUT2D eigenvalue weighted by molar-refractivity contribution is 5.99. The van der Waals surface area contributed by atoms with Crippen LogP contribution in [0.15, 0.2) is 61.2 Å². The molecular weight excluding hydrogens is 374 g/mol. The van der Waals surface area contributed by atoms with E-state index in [0.717, 1.165) is 23.3 Å². The van der Waals surface area contributed by atoms with Crippen LogP contribution >= 0.6 is 0 Å². The molecule has 0 aliphatic heterocycles. The van der Waals surface area contributed by atoms with Crippen LogP contribution < -0.4 is 15.4 Å². The largest absolute Gasteiger partial charge is 0.497 e. The second-order valence-corrected chi connectivity index (χ2v) is 7.31. The van der Waals surface area contributed by atoms with E-state index < -0.39 is 0 Å². The molecule has 0 amide bonds. The first-order valence-electron chi connectivity index (χ1n) is 10.4. The molecule has 3 heterocycles. The number of hydrogen-bond donors (Lipinski definition) is 1. The number of imidazole rings is 1. The number of hydrogen-bond acceptors (Lipinski definition) is 5. The first-order chi connectivity index (χ1) is 14.6. The van der Waals surface area contributed by atoms with E-state index in [-0.39, 0.29) is 0 Å². The molecule has 0 fully saturated rings. The minimum atomic E-state index is 0.610. The Morgan fingerprint density at radius 1 is 1.00 bits per heavy atom. The molecule has 3 aromatic heterocycles. The van der Waals surface area contributed by atoms with Crippen LogP contribution in [0, 0.1) is 0 Å². The Bertz CT molecular complexity index is 1080. The van der Waals surface area contributed by atoms with Gasteiger partial charge in [-0.1, -0.05) is 38.3 Å². The fourth-order valence-electron chi connectivity index (χ4n) is 3.46. The Hall–Kier alpha value is -3.28. The molecule has 158 valence electrons. The van der Waals surface area contributed by atoms with Gasteiger partial charge in [0.25, 0.3) is 0 Å². The lowest BCUT2D eigenvalue weighted by Gasteiger charge is -2.21. The van der Waals surface area contributed by atoms with Crippen molar-refractivity contribution in [1.82, 2.24) is 14.4 Å². The van der Waals surface area contributed by atoms with E-state index >= 15 is 0 Å². The quantitative estimate of drug-likeness (QED) is 0.429. The zero-order valence-corrected chi connectivity index (χ0v) is 18.1. The van der Waals surface area contributed by atoms with Crippen LogP contribution in [0.1, 0.15) is 32.6 Å². The number of benzene rings is 1. The summed E-state index contributed by atoms with van der Waals surface area (Å²) < 4.78 is 6.97. The van der Waals surface area contributed by atoms with E-state index in [2.05, 4.69) is 41.0 Å². The molecule has 0 saturated carbocycles. The van der Waals surface area contributed by atoms with Crippen LogP contribution in [0.5, 0.6) is 5.75 Å². The van der Waals surface area contributed by atoms with Crippen molar-refractivity contribution in [2.24, 2.45) is 0 Å². The van der Waals surface area contributed by atoms with Crippen molar-refractivity contribution < 1.29 is 4.74 Å². The summed E-state index contributed by atoms with van der Waals surface area (Å²) in [4.78, 5) is 10.6. The fraction of sp³-hybridized carbons (Fsp3) is 0.333. The van der Waals surface area contributed by atoms with Gasteiger partial charge in [-0.25, -0.2) is 9.97 Å². The van der Waals surface area contributed by atoms with Gasteiger partial charge in [0, 0.05) is 60.9 Å².